The molecule has 1 aromatic rings. The number of rotatable bonds is 2. The molecule has 0 unspecified atom stereocenters. The molecule has 2 rings (SSSR count). The van der Waals surface area contributed by atoms with Gasteiger partial charge in [-0.1, -0.05) is 29.3 Å². The quantitative estimate of drug-likeness (QED) is 0.884. The number of ether oxygens (including phenoxy) is 1. The predicted molar refractivity (Wildman–Crippen MR) is 66.9 cm³/mol. The highest BCUT2D eigenvalue weighted by Crippen LogP contribution is 2.36. The van der Waals surface area contributed by atoms with Crippen LogP contribution in [0.4, 0.5) is 0 Å². The maximum absolute atomic E-state index is 6.25. The first-order chi connectivity index (χ1) is 7.70. The molecule has 0 bridgehead atoms. The number of hydrogen-bond donors (Lipinski definition) is 1. The molecule has 1 atom stereocenters. The SMILES string of the molecule is N[C@H](c1c(Cl)cccc1Cl)C1CCOCC1. The zero-order chi connectivity index (χ0) is 11.5. The van der Waals surface area contributed by atoms with Crippen molar-refractivity contribution < 1.29 is 4.74 Å². The molecule has 16 heavy (non-hydrogen) atoms. The second-order valence-electron chi connectivity index (χ2n) is 4.11. The van der Waals surface area contributed by atoms with Crippen LogP contribution in [0.5, 0.6) is 0 Å². The van der Waals surface area contributed by atoms with Crippen LogP contribution < -0.4 is 5.73 Å². The van der Waals surface area contributed by atoms with Crippen molar-refractivity contribution in [3.63, 3.8) is 0 Å². The molecule has 88 valence electrons. The summed E-state index contributed by atoms with van der Waals surface area (Å²) in [6.07, 6.45) is 1.95. The van der Waals surface area contributed by atoms with Gasteiger partial charge in [-0.2, -0.15) is 0 Å². The summed E-state index contributed by atoms with van der Waals surface area (Å²) >= 11 is 12.3. The monoisotopic (exact) mass is 259 g/mol. The van der Waals surface area contributed by atoms with Crippen molar-refractivity contribution in [3.05, 3.63) is 33.8 Å². The molecule has 1 saturated heterocycles. The van der Waals surface area contributed by atoms with Gasteiger partial charge in [0.25, 0.3) is 0 Å². The Hall–Kier alpha value is -0.280. The predicted octanol–water partition coefficient (Wildman–Crippen LogP) is 3.42. The molecule has 0 saturated carbocycles. The van der Waals surface area contributed by atoms with Gasteiger partial charge in [0.1, 0.15) is 0 Å². The van der Waals surface area contributed by atoms with Gasteiger partial charge in [-0.3, -0.25) is 0 Å². The molecule has 0 aliphatic carbocycles. The fourth-order valence-electron chi connectivity index (χ4n) is 2.14. The van der Waals surface area contributed by atoms with Crippen LogP contribution in [-0.4, -0.2) is 13.2 Å². The van der Waals surface area contributed by atoms with Gasteiger partial charge < -0.3 is 10.5 Å². The number of nitrogens with two attached hydrogens (primary N) is 1. The summed E-state index contributed by atoms with van der Waals surface area (Å²) < 4.78 is 5.32. The lowest BCUT2D eigenvalue weighted by molar-refractivity contribution is 0.0584. The highest BCUT2D eigenvalue weighted by molar-refractivity contribution is 6.36. The molecular weight excluding hydrogens is 245 g/mol. The van der Waals surface area contributed by atoms with Crippen LogP contribution in [-0.2, 0) is 4.74 Å². The van der Waals surface area contributed by atoms with E-state index < -0.39 is 0 Å². The average Bonchev–Trinajstić information content (AvgIpc) is 2.30. The van der Waals surface area contributed by atoms with E-state index in [1.54, 1.807) is 0 Å². The molecule has 0 spiro atoms. The highest BCUT2D eigenvalue weighted by atomic mass is 35.5. The van der Waals surface area contributed by atoms with Crippen molar-refractivity contribution in [3.8, 4) is 0 Å². The summed E-state index contributed by atoms with van der Waals surface area (Å²) in [4.78, 5) is 0. The molecule has 1 fully saturated rings. The van der Waals surface area contributed by atoms with Crippen LogP contribution in [0, 0.1) is 5.92 Å². The maximum Gasteiger partial charge on any atom is 0.0469 e. The molecule has 2 nitrogen and oxygen atoms in total. The topological polar surface area (TPSA) is 35.2 Å². The van der Waals surface area contributed by atoms with Crippen LogP contribution >= 0.6 is 23.2 Å². The summed E-state index contributed by atoms with van der Waals surface area (Å²) in [6, 6.07) is 5.42. The molecule has 0 radical (unpaired) electrons. The molecule has 1 aromatic carbocycles. The fourth-order valence-corrected chi connectivity index (χ4v) is 2.79. The smallest absolute Gasteiger partial charge is 0.0469 e. The first-order valence-electron chi connectivity index (χ1n) is 5.47. The van der Waals surface area contributed by atoms with E-state index in [9.17, 15) is 0 Å². The molecule has 4 heteroatoms. The van der Waals surface area contributed by atoms with Crippen LogP contribution in [0.3, 0.4) is 0 Å². The first-order valence-corrected chi connectivity index (χ1v) is 6.23. The normalized spacial score (nSPS) is 19.7. The van der Waals surface area contributed by atoms with E-state index in [4.69, 9.17) is 33.7 Å². The Kier molecular flexibility index (Phi) is 4.09. The second-order valence-corrected chi connectivity index (χ2v) is 4.93. The van der Waals surface area contributed by atoms with Crippen LogP contribution in [0.15, 0.2) is 18.2 Å². The van der Waals surface area contributed by atoms with Crippen molar-refractivity contribution in [2.75, 3.05) is 13.2 Å². The van der Waals surface area contributed by atoms with E-state index in [0.29, 0.717) is 16.0 Å². The van der Waals surface area contributed by atoms with E-state index in [-0.39, 0.29) is 6.04 Å². The minimum Gasteiger partial charge on any atom is -0.381 e. The van der Waals surface area contributed by atoms with Gasteiger partial charge >= 0.3 is 0 Å². The molecule has 1 aliphatic heterocycles. The number of benzene rings is 1. The molecule has 2 N–H and O–H groups in total. The summed E-state index contributed by atoms with van der Waals surface area (Å²) in [6.45, 7) is 1.56. The molecule has 0 amide bonds. The standard InChI is InChI=1S/C12H15Cl2NO/c13-9-2-1-3-10(14)11(9)12(15)8-4-6-16-7-5-8/h1-3,8,12H,4-7,15H2/t12-/m0/s1. The van der Waals surface area contributed by atoms with E-state index >= 15 is 0 Å². The zero-order valence-electron chi connectivity index (χ0n) is 8.96. The first kappa shape index (κ1) is 12.2. The van der Waals surface area contributed by atoms with Crippen molar-refractivity contribution in [2.45, 2.75) is 18.9 Å². The Morgan fingerprint density at radius 2 is 1.75 bits per heavy atom. The Bertz CT molecular complexity index is 344. The summed E-state index contributed by atoms with van der Waals surface area (Å²) in [7, 11) is 0. The highest BCUT2D eigenvalue weighted by Gasteiger charge is 2.25. The lowest BCUT2D eigenvalue weighted by Crippen LogP contribution is -2.27. The van der Waals surface area contributed by atoms with Gasteiger partial charge in [0.05, 0.1) is 0 Å². The van der Waals surface area contributed by atoms with Crippen LogP contribution in [0.2, 0.25) is 10.0 Å². The minimum absolute atomic E-state index is 0.0925. The van der Waals surface area contributed by atoms with Gasteiger partial charge in [0.2, 0.25) is 0 Å². The van der Waals surface area contributed by atoms with E-state index in [1.165, 1.54) is 0 Å². The molecular formula is C12H15Cl2NO. The Balaban J connectivity index is 2.22. The van der Waals surface area contributed by atoms with Crippen LogP contribution in [0.25, 0.3) is 0 Å². The van der Waals surface area contributed by atoms with E-state index in [1.807, 2.05) is 18.2 Å². The Morgan fingerprint density at radius 3 is 2.31 bits per heavy atom. The van der Waals surface area contributed by atoms with Crippen molar-refractivity contribution in [2.24, 2.45) is 11.7 Å². The fraction of sp³-hybridized carbons (Fsp3) is 0.500. The Labute approximate surface area is 106 Å². The summed E-state index contributed by atoms with van der Waals surface area (Å²) in [5.41, 5.74) is 7.12. The second kappa shape index (κ2) is 5.37. The van der Waals surface area contributed by atoms with Crippen LogP contribution in [0.1, 0.15) is 24.4 Å². The van der Waals surface area contributed by atoms with Crippen molar-refractivity contribution in [1.82, 2.24) is 0 Å². The lowest BCUT2D eigenvalue weighted by atomic mass is 9.88. The third-order valence-electron chi connectivity index (χ3n) is 3.11. The molecule has 1 aliphatic rings. The maximum atomic E-state index is 6.25. The number of halogens is 2. The Morgan fingerprint density at radius 1 is 1.19 bits per heavy atom. The van der Waals surface area contributed by atoms with Crippen molar-refractivity contribution >= 4 is 23.2 Å². The third-order valence-corrected chi connectivity index (χ3v) is 3.77. The minimum atomic E-state index is -0.0925. The van der Waals surface area contributed by atoms with Gasteiger partial charge in [-0.25, -0.2) is 0 Å². The zero-order valence-corrected chi connectivity index (χ0v) is 10.5. The van der Waals surface area contributed by atoms with E-state index in [0.717, 1.165) is 31.6 Å². The van der Waals surface area contributed by atoms with Gasteiger partial charge in [-0.15, -0.1) is 0 Å². The average molecular weight is 260 g/mol. The lowest BCUT2D eigenvalue weighted by Gasteiger charge is -2.28. The van der Waals surface area contributed by atoms with Gasteiger partial charge in [0.15, 0.2) is 0 Å². The van der Waals surface area contributed by atoms with E-state index in [2.05, 4.69) is 0 Å². The number of hydrogen-bond acceptors (Lipinski definition) is 2. The van der Waals surface area contributed by atoms with Crippen molar-refractivity contribution in [1.29, 1.82) is 0 Å². The molecule has 1 heterocycles. The summed E-state index contributed by atoms with van der Waals surface area (Å²) in [5, 5.41) is 1.32. The molecule has 0 aromatic heterocycles. The largest absolute Gasteiger partial charge is 0.381 e. The third kappa shape index (κ3) is 2.51. The van der Waals surface area contributed by atoms with Gasteiger partial charge in [-0.05, 0) is 30.9 Å². The summed E-state index contributed by atoms with van der Waals surface area (Å²) in [5.74, 6) is 0.408. The van der Waals surface area contributed by atoms with Gasteiger partial charge in [0, 0.05) is 34.9 Å².